The van der Waals surface area contributed by atoms with Crippen molar-refractivity contribution in [2.24, 2.45) is 0 Å². The summed E-state index contributed by atoms with van der Waals surface area (Å²) in [4.78, 5) is 31.2. The first-order chi connectivity index (χ1) is 9.61. The van der Waals surface area contributed by atoms with E-state index in [9.17, 15) is 9.59 Å². The van der Waals surface area contributed by atoms with Crippen LogP contribution in [-0.4, -0.2) is 59.6 Å². The van der Waals surface area contributed by atoms with Gasteiger partial charge in [0.15, 0.2) is 0 Å². The third-order valence-corrected chi connectivity index (χ3v) is 3.48. The molecule has 0 unspecified atom stereocenters. The first-order valence-corrected chi connectivity index (χ1v) is 7.22. The third kappa shape index (κ3) is 3.47. The lowest BCUT2D eigenvalue weighted by atomic mass is 10.2. The molecule has 0 atom stereocenters. The van der Waals surface area contributed by atoms with E-state index in [-0.39, 0.29) is 12.0 Å². The summed E-state index contributed by atoms with van der Waals surface area (Å²) in [6.45, 7) is 4.13. The second kappa shape index (κ2) is 6.69. The van der Waals surface area contributed by atoms with Crippen molar-refractivity contribution in [2.45, 2.75) is 6.92 Å². The standard InChI is InChI=1S/C13H16BrN3O3/c1-2-20-13(19)17-5-3-16(4-6-17)12(18)10-7-11(14)9-15-8-10/h7-9H,2-6H2,1H3. The van der Waals surface area contributed by atoms with E-state index in [1.54, 1.807) is 35.2 Å². The molecule has 0 saturated carbocycles. The summed E-state index contributed by atoms with van der Waals surface area (Å²) < 4.78 is 5.72. The molecule has 7 heteroatoms. The molecular formula is C13H16BrN3O3. The van der Waals surface area contributed by atoms with Gasteiger partial charge in [-0.25, -0.2) is 4.79 Å². The first-order valence-electron chi connectivity index (χ1n) is 6.43. The van der Waals surface area contributed by atoms with Crippen LogP contribution >= 0.6 is 15.9 Å². The molecule has 0 bridgehead atoms. The molecule has 0 spiro atoms. The Morgan fingerprint density at radius 2 is 1.90 bits per heavy atom. The van der Waals surface area contributed by atoms with Crippen LogP contribution in [0, 0.1) is 0 Å². The van der Waals surface area contributed by atoms with Gasteiger partial charge in [-0.15, -0.1) is 0 Å². The van der Waals surface area contributed by atoms with Crippen molar-refractivity contribution in [3.63, 3.8) is 0 Å². The normalized spacial score (nSPS) is 15.1. The SMILES string of the molecule is CCOC(=O)N1CCN(C(=O)c2cncc(Br)c2)CC1. The molecular weight excluding hydrogens is 326 g/mol. The largest absolute Gasteiger partial charge is 0.450 e. The highest BCUT2D eigenvalue weighted by Gasteiger charge is 2.25. The molecule has 2 heterocycles. The lowest BCUT2D eigenvalue weighted by Crippen LogP contribution is -2.50. The Morgan fingerprint density at radius 1 is 1.25 bits per heavy atom. The highest BCUT2D eigenvalue weighted by molar-refractivity contribution is 9.10. The van der Waals surface area contributed by atoms with E-state index >= 15 is 0 Å². The third-order valence-electron chi connectivity index (χ3n) is 3.04. The highest BCUT2D eigenvalue weighted by atomic mass is 79.9. The average Bonchev–Trinajstić information content (AvgIpc) is 2.47. The van der Waals surface area contributed by atoms with Crippen LogP contribution in [0.1, 0.15) is 17.3 Å². The van der Waals surface area contributed by atoms with Gasteiger partial charge in [-0.1, -0.05) is 0 Å². The van der Waals surface area contributed by atoms with Gasteiger partial charge in [-0.3, -0.25) is 9.78 Å². The van der Waals surface area contributed by atoms with Crippen LogP contribution in [-0.2, 0) is 4.74 Å². The molecule has 108 valence electrons. The summed E-state index contributed by atoms with van der Waals surface area (Å²) in [6, 6.07) is 1.74. The topological polar surface area (TPSA) is 62.7 Å². The van der Waals surface area contributed by atoms with Gasteiger partial charge < -0.3 is 14.5 Å². The number of aromatic nitrogens is 1. The van der Waals surface area contributed by atoms with Crippen LogP contribution in [0.2, 0.25) is 0 Å². The zero-order chi connectivity index (χ0) is 14.5. The maximum absolute atomic E-state index is 12.3. The van der Waals surface area contributed by atoms with E-state index in [0.717, 1.165) is 4.47 Å². The Kier molecular flexibility index (Phi) is 4.94. The van der Waals surface area contributed by atoms with Crippen LogP contribution < -0.4 is 0 Å². The molecule has 0 N–H and O–H groups in total. The van der Waals surface area contributed by atoms with Crippen LogP contribution in [0.4, 0.5) is 4.79 Å². The van der Waals surface area contributed by atoms with Crippen molar-refractivity contribution in [1.29, 1.82) is 0 Å². The summed E-state index contributed by atoms with van der Waals surface area (Å²) in [6.07, 6.45) is 2.86. The number of nitrogens with zero attached hydrogens (tertiary/aromatic N) is 3. The predicted octanol–water partition coefficient (Wildman–Crippen LogP) is 1.76. The Labute approximate surface area is 125 Å². The smallest absolute Gasteiger partial charge is 0.409 e. The maximum atomic E-state index is 12.3. The minimum Gasteiger partial charge on any atom is -0.450 e. The van der Waals surface area contributed by atoms with Crippen LogP contribution in [0.5, 0.6) is 0 Å². The number of carbonyl (C=O) groups excluding carboxylic acids is 2. The summed E-state index contributed by atoms with van der Waals surface area (Å²) in [5.74, 6) is -0.0673. The molecule has 2 rings (SSSR count). The second-order valence-electron chi connectivity index (χ2n) is 4.37. The Hall–Kier alpha value is -1.63. The average molecular weight is 342 g/mol. The van der Waals surface area contributed by atoms with E-state index in [0.29, 0.717) is 38.3 Å². The van der Waals surface area contributed by atoms with Crippen LogP contribution in [0.25, 0.3) is 0 Å². The van der Waals surface area contributed by atoms with E-state index in [1.165, 1.54) is 0 Å². The van der Waals surface area contributed by atoms with Gasteiger partial charge in [0.1, 0.15) is 0 Å². The minimum atomic E-state index is -0.316. The first kappa shape index (κ1) is 14.8. The van der Waals surface area contributed by atoms with Gasteiger partial charge in [-0.05, 0) is 28.9 Å². The molecule has 1 aromatic rings. The number of hydrogen-bond donors (Lipinski definition) is 0. The number of amides is 2. The molecule has 1 aliphatic heterocycles. The highest BCUT2D eigenvalue weighted by Crippen LogP contribution is 2.13. The number of rotatable bonds is 2. The molecule has 1 fully saturated rings. The fourth-order valence-electron chi connectivity index (χ4n) is 2.02. The zero-order valence-electron chi connectivity index (χ0n) is 11.2. The molecule has 0 radical (unpaired) electrons. The number of carbonyl (C=O) groups is 2. The lowest BCUT2D eigenvalue weighted by Gasteiger charge is -2.34. The van der Waals surface area contributed by atoms with Crippen LogP contribution in [0.3, 0.4) is 0 Å². The molecule has 1 aliphatic rings. The Balaban J connectivity index is 1.93. The van der Waals surface area contributed by atoms with Gasteiger partial charge >= 0.3 is 6.09 Å². The Bertz CT molecular complexity index is 501. The number of piperazine rings is 1. The molecule has 0 aliphatic carbocycles. The van der Waals surface area contributed by atoms with Gasteiger partial charge in [0.2, 0.25) is 0 Å². The van der Waals surface area contributed by atoms with E-state index in [1.807, 2.05) is 0 Å². The summed E-state index contributed by atoms with van der Waals surface area (Å²) in [5, 5.41) is 0. The molecule has 2 amide bonds. The van der Waals surface area contributed by atoms with Gasteiger partial charge in [0, 0.05) is 43.0 Å². The number of halogens is 1. The minimum absolute atomic E-state index is 0.0673. The summed E-state index contributed by atoms with van der Waals surface area (Å²) >= 11 is 3.30. The van der Waals surface area contributed by atoms with Crippen molar-refractivity contribution >= 4 is 27.9 Å². The molecule has 6 nitrogen and oxygen atoms in total. The molecule has 20 heavy (non-hydrogen) atoms. The van der Waals surface area contributed by atoms with Crippen molar-refractivity contribution in [2.75, 3.05) is 32.8 Å². The van der Waals surface area contributed by atoms with Crippen molar-refractivity contribution < 1.29 is 14.3 Å². The van der Waals surface area contributed by atoms with Gasteiger partial charge in [0.25, 0.3) is 5.91 Å². The molecule has 0 aromatic carbocycles. The number of ether oxygens (including phenoxy) is 1. The lowest BCUT2D eigenvalue weighted by molar-refractivity contribution is 0.0570. The summed E-state index contributed by atoms with van der Waals surface area (Å²) in [5.41, 5.74) is 0.545. The van der Waals surface area contributed by atoms with Gasteiger partial charge in [0.05, 0.1) is 12.2 Å². The van der Waals surface area contributed by atoms with E-state index in [4.69, 9.17) is 4.74 Å². The van der Waals surface area contributed by atoms with Crippen molar-refractivity contribution in [3.8, 4) is 0 Å². The van der Waals surface area contributed by atoms with Crippen LogP contribution in [0.15, 0.2) is 22.9 Å². The zero-order valence-corrected chi connectivity index (χ0v) is 12.8. The monoisotopic (exact) mass is 341 g/mol. The van der Waals surface area contributed by atoms with Gasteiger partial charge in [-0.2, -0.15) is 0 Å². The Morgan fingerprint density at radius 3 is 2.50 bits per heavy atom. The van der Waals surface area contributed by atoms with E-state index < -0.39 is 0 Å². The second-order valence-corrected chi connectivity index (χ2v) is 5.29. The summed E-state index contributed by atoms with van der Waals surface area (Å²) in [7, 11) is 0. The van der Waals surface area contributed by atoms with Crippen molar-refractivity contribution in [3.05, 3.63) is 28.5 Å². The molecule has 1 aromatic heterocycles. The number of pyridine rings is 1. The predicted molar refractivity (Wildman–Crippen MR) is 76.4 cm³/mol. The fourth-order valence-corrected chi connectivity index (χ4v) is 2.38. The van der Waals surface area contributed by atoms with Crippen molar-refractivity contribution in [1.82, 2.24) is 14.8 Å². The van der Waals surface area contributed by atoms with E-state index in [2.05, 4.69) is 20.9 Å². The maximum Gasteiger partial charge on any atom is 0.409 e. The fraction of sp³-hybridized carbons (Fsp3) is 0.462. The number of hydrogen-bond acceptors (Lipinski definition) is 4. The quantitative estimate of drug-likeness (QED) is 0.822. The molecule has 1 saturated heterocycles.